The minimum absolute atomic E-state index is 0.0987. The van der Waals surface area contributed by atoms with Crippen molar-refractivity contribution in [3.63, 3.8) is 0 Å². The molecule has 2 aromatic rings. The van der Waals surface area contributed by atoms with Gasteiger partial charge >= 0.3 is 0 Å². The number of aliphatic hydroxyl groups excluding tert-OH is 1. The van der Waals surface area contributed by atoms with Gasteiger partial charge in [0.05, 0.1) is 6.61 Å². The zero-order chi connectivity index (χ0) is 22.1. The SMILES string of the molecule is O=C(C1CCCC1)N1CCCCN2[C@@H](CO)[C@@H](c3ccc(-c4cccc(F)c4)cc3)[C@@H]2C1. The molecule has 5 heteroatoms. The smallest absolute Gasteiger partial charge is 0.225 e. The van der Waals surface area contributed by atoms with Crippen molar-refractivity contribution in [2.75, 3.05) is 26.2 Å². The van der Waals surface area contributed by atoms with Crippen LogP contribution in [0, 0.1) is 11.7 Å². The number of nitrogens with zero attached hydrogens (tertiary/aromatic N) is 2. The fourth-order valence-corrected chi connectivity index (χ4v) is 6.14. The average molecular weight is 437 g/mol. The first-order chi connectivity index (χ1) is 15.7. The van der Waals surface area contributed by atoms with Crippen molar-refractivity contribution in [3.05, 3.63) is 59.9 Å². The van der Waals surface area contributed by atoms with Crippen LogP contribution in [-0.4, -0.2) is 59.1 Å². The summed E-state index contributed by atoms with van der Waals surface area (Å²) in [5.41, 5.74) is 3.05. The Morgan fingerprint density at radius 2 is 1.72 bits per heavy atom. The number of hydrogen-bond acceptors (Lipinski definition) is 3. The number of amides is 1. The van der Waals surface area contributed by atoms with Gasteiger partial charge in [-0.25, -0.2) is 4.39 Å². The Kier molecular flexibility index (Phi) is 6.29. The zero-order valence-corrected chi connectivity index (χ0v) is 18.6. The molecule has 3 aliphatic rings. The molecule has 5 rings (SSSR count). The highest BCUT2D eigenvalue weighted by atomic mass is 19.1. The van der Waals surface area contributed by atoms with Gasteiger partial charge in [-0.3, -0.25) is 9.69 Å². The van der Waals surface area contributed by atoms with Crippen molar-refractivity contribution in [2.24, 2.45) is 5.92 Å². The monoisotopic (exact) mass is 436 g/mol. The predicted octanol–water partition coefficient (Wildman–Crippen LogP) is 4.43. The molecule has 0 bridgehead atoms. The third-order valence-electron chi connectivity index (χ3n) is 7.84. The van der Waals surface area contributed by atoms with Gasteiger partial charge in [0.25, 0.3) is 0 Å². The highest BCUT2D eigenvalue weighted by molar-refractivity contribution is 5.79. The van der Waals surface area contributed by atoms with Gasteiger partial charge in [-0.2, -0.15) is 0 Å². The molecule has 0 unspecified atom stereocenters. The van der Waals surface area contributed by atoms with Crippen LogP contribution in [0.1, 0.15) is 50.0 Å². The highest BCUT2D eigenvalue weighted by Crippen LogP contribution is 2.42. The molecule has 1 N–H and O–H groups in total. The molecule has 0 spiro atoms. The maximum Gasteiger partial charge on any atom is 0.225 e. The minimum Gasteiger partial charge on any atom is -0.395 e. The summed E-state index contributed by atoms with van der Waals surface area (Å²) in [6, 6.07) is 15.3. The molecule has 3 atom stereocenters. The summed E-state index contributed by atoms with van der Waals surface area (Å²) in [7, 11) is 0. The van der Waals surface area contributed by atoms with Gasteiger partial charge in [-0.05, 0) is 61.1 Å². The standard InChI is InChI=1S/C27H33FN2O2/c28-23-9-5-8-22(16-23)19-10-12-20(13-11-19)26-24-17-29(27(32)21-6-1-2-7-21)14-3-4-15-30(24)25(26)18-31/h5,8-13,16,21,24-26,31H,1-4,6-7,14-15,17-18H2/t24-,25-,26-/m0/s1. The van der Waals surface area contributed by atoms with Gasteiger partial charge in [-0.1, -0.05) is 49.2 Å². The molecular formula is C27H33FN2O2. The Bertz CT molecular complexity index is 941. The lowest BCUT2D eigenvalue weighted by Crippen LogP contribution is -2.68. The lowest BCUT2D eigenvalue weighted by molar-refractivity contribution is -0.140. The van der Waals surface area contributed by atoms with Crippen LogP contribution in [-0.2, 0) is 4.79 Å². The van der Waals surface area contributed by atoms with Crippen LogP contribution in [0.2, 0.25) is 0 Å². The zero-order valence-electron chi connectivity index (χ0n) is 18.6. The van der Waals surface area contributed by atoms with Gasteiger partial charge in [0, 0.05) is 37.0 Å². The van der Waals surface area contributed by atoms with E-state index in [0.29, 0.717) is 5.91 Å². The van der Waals surface area contributed by atoms with Crippen LogP contribution in [0.5, 0.6) is 0 Å². The largest absolute Gasteiger partial charge is 0.395 e. The molecule has 3 fully saturated rings. The lowest BCUT2D eigenvalue weighted by Gasteiger charge is -2.57. The lowest BCUT2D eigenvalue weighted by atomic mass is 9.74. The molecule has 2 aromatic carbocycles. The second kappa shape index (κ2) is 9.32. The summed E-state index contributed by atoms with van der Waals surface area (Å²) in [4.78, 5) is 17.7. The number of fused-ring (bicyclic) bond motifs is 1. The van der Waals surface area contributed by atoms with Crippen molar-refractivity contribution in [1.82, 2.24) is 9.80 Å². The van der Waals surface area contributed by atoms with Crippen molar-refractivity contribution < 1.29 is 14.3 Å². The van der Waals surface area contributed by atoms with Crippen LogP contribution in [0.3, 0.4) is 0 Å². The van der Waals surface area contributed by atoms with Gasteiger partial charge < -0.3 is 10.0 Å². The molecule has 1 aliphatic carbocycles. The summed E-state index contributed by atoms with van der Waals surface area (Å²) in [6.07, 6.45) is 6.51. The van der Waals surface area contributed by atoms with E-state index in [-0.39, 0.29) is 36.3 Å². The van der Waals surface area contributed by atoms with E-state index in [1.807, 2.05) is 18.2 Å². The van der Waals surface area contributed by atoms with E-state index in [1.165, 1.54) is 24.5 Å². The molecule has 4 nitrogen and oxygen atoms in total. The Morgan fingerprint density at radius 3 is 2.44 bits per heavy atom. The maximum absolute atomic E-state index is 13.6. The molecule has 0 aromatic heterocycles. The summed E-state index contributed by atoms with van der Waals surface area (Å²) in [5, 5.41) is 10.2. The Hall–Kier alpha value is -2.24. The van der Waals surface area contributed by atoms with Gasteiger partial charge in [-0.15, -0.1) is 0 Å². The van der Waals surface area contributed by atoms with Crippen molar-refractivity contribution in [1.29, 1.82) is 0 Å². The first-order valence-electron chi connectivity index (χ1n) is 12.2. The third-order valence-corrected chi connectivity index (χ3v) is 7.84. The highest BCUT2D eigenvalue weighted by Gasteiger charge is 2.49. The Balaban J connectivity index is 1.37. The molecule has 2 aliphatic heterocycles. The number of rotatable bonds is 4. The maximum atomic E-state index is 13.6. The van der Waals surface area contributed by atoms with Gasteiger partial charge in [0.1, 0.15) is 5.82 Å². The molecule has 2 saturated heterocycles. The first kappa shape index (κ1) is 21.6. The number of carbonyl (C=O) groups is 1. The van der Waals surface area contributed by atoms with Gasteiger partial charge in [0.2, 0.25) is 5.91 Å². The fourth-order valence-electron chi connectivity index (χ4n) is 6.14. The molecule has 32 heavy (non-hydrogen) atoms. The van der Waals surface area contributed by atoms with E-state index in [2.05, 4.69) is 21.9 Å². The molecule has 1 saturated carbocycles. The van der Waals surface area contributed by atoms with Crippen molar-refractivity contribution >= 4 is 5.91 Å². The van der Waals surface area contributed by atoms with Crippen molar-refractivity contribution in [2.45, 2.75) is 56.5 Å². The summed E-state index contributed by atoms with van der Waals surface area (Å²) < 4.78 is 13.6. The number of hydrogen-bond donors (Lipinski definition) is 1. The normalized spacial score (nSPS) is 26.8. The summed E-state index contributed by atoms with van der Waals surface area (Å²) in [5.74, 6) is 0.527. The molecule has 170 valence electrons. The summed E-state index contributed by atoms with van der Waals surface area (Å²) >= 11 is 0. The fraction of sp³-hybridized carbons (Fsp3) is 0.519. The molecule has 0 radical (unpaired) electrons. The third kappa shape index (κ3) is 4.08. The number of carbonyl (C=O) groups excluding carboxylic acids is 1. The number of aliphatic hydroxyl groups is 1. The predicted molar refractivity (Wildman–Crippen MR) is 124 cm³/mol. The van der Waals surface area contributed by atoms with E-state index in [9.17, 15) is 14.3 Å². The quantitative estimate of drug-likeness (QED) is 0.771. The van der Waals surface area contributed by atoms with Crippen LogP contribution in [0.4, 0.5) is 4.39 Å². The second-order valence-electron chi connectivity index (χ2n) is 9.69. The van der Waals surface area contributed by atoms with E-state index in [0.717, 1.165) is 56.4 Å². The first-order valence-corrected chi connectivity index (χ1v) is 12.2. The minimum atomic E-state index is -0.233. The van der Waals surface area contributed by atoms with Crippen LogP contribution in [0.15, 0.2) is 48.5 Å². The van der Waals surface area contributed by atoms with Crippen LogP contribution >= 0.6 is 0 Å². The van der Waals surface area contributed by atoms with Crippen LogP contribution < -0.4 is 0 Å². The van der Waals surface area contributed by atoms with Gasteiger partial charge in [0.15, 0.2) is 0 Å². The Morgan fingerprint density at radius 1 is 0.969 bits per heavy atom. The number of halogens is 1. The molecular weight excluding hydrogens is 403 g/mol. The summed E-state index contributed by atoms with van der Waals surface area (Å²) in [6.45, 7) is 2.72. The van der Waals surface area contributed by atoms with E-state index in [4.69, 9.17) is 0 Å². The van der Waals surface area contributed by atoms with E-state index in [1.54, 1.807) is 12.1 Å². The second-order valence-corrected chi connectivity index (χ2v) is 9.69. The van der Waals surface area contributed by atoms with Crippen LogP contribution in [0.25, 0.3) is 11.1 Å². The molecule has 1 amide bonds. The number of benzene rings is 2. The van der Waals surface area contributed by atoms with Crippen molar-refractivity contribution in [3.8, 4) is 11.1 Å². The topological polar surface area (TPSA) is 43.8 Å². The average Bonchev–Trinajstić information content (AvgIpc) is 3.33. The molecule has 2 heterocycles. The Labute approximate surface area is 190 Å². The van der Waals surface area contributed by atoms with E-state index < -0.39 is 0 Å². The van der Waals surface area contributed by atoms with E-state index >= 15 is 0 Å².